The monoisotopic (exact) mass is 290 g/mol. The van der Waals surface area contributed by atoms with Crippen molar-refractivity contribution >= 4 is 0 Å². The van der Waals surface area contributed by atoms with Crippen molar-refractivity contribution in [2.45, 2.75) is 45.6 Å². The van der Waals surface area contributed by atoms with Gasteiger partial charge in [-0.1, -0.05) is 26.0 Å². The highest BCUT2D eigenvalue weighted by molar-refractivity contribution is 5.28. The summed E-state index contributed by atoms with van der Waals surface area (Å²) in [6.07, 6.45) is 3.50. The number of nitrogens with zero attached hydrogens (tertiary/aromatic N) is 1. The lowest BCUT2D eigenvalue weighted by Crippen LogP contribution is -2.56. The first-order chi connectivity index (χ1) is 9.88. The molecular formula is C18H30N2O. The molecule has 0 bridgehead atoms. The summed E-state index contributed by atoms with van der Waals surface area (Å²) in [7, 11) is 1.70. The molecule has 0 amide bonds. The summed E-state index contributed by atoms with van der Waals surface area (Å²) in [5.41, 5.74) is 8.00. The van der Waals surface area contributed by atoms with Gasteiger partial charge in [-0.2, -0.15) is 0 Å². The normalized spacial score (nSPS) is 21.8. The molecule has 0 aromatic heterocycles. The molecule has 0 radical (unpaired) electrons. The molecule has 0 aliphatic carbocycles. The van der Waals surface area contributed by atoms with Gasteiger partial charge in [0.1, 0.15) is 5.75 Å². The van der Waals surface area contributed by atoms with Gasteiger partial charge in [0.25, 0.3) is 0 Å². The summed E-state index contributed by atoms with van der Waals surface area (Å²) in [4.78, 5) is 2.59. The van der Waals surface area contributed by atoms with Crippen LogP contribution in [0.5, 0.6) is 5.75 Å². The van der Waals surface area contributed by atoms with Crippen molar-refractivity contribution in [3.8, 4) is 5.75 Å². The predicted molar refractivity (Wildman–Crippen MR) is 88.7 cm³/mol. The predicted octanol–water partition coefficient (Wildman–Crippen LogP) is 3.08. The summed E-state index contributed by atoms with van der Waals surface area (Å²) < 4.78 is 5.23. The highest BCUT2D eigenvalue weighted by Gasteiger charge is 2.35. The number of nitrogens with two attached hydrogens (primary N) is 1. The minimum absolute atomic E-state index is 0.0467. The Morgan fingerprint density at radius 3 is 2.24 bits per heavy atom. The second-order valence-electron chi connectivity index (χ2n) is 7.38. The second kappa shape index (κ2) is 6.37. The van der Waals surface area contributed by atoms with Crippen LogP contribution in [-0.4, -0.2) is 37.2 Å². The van der Waals surface area contributed by atoms with Crippen molar-refractivity contribution in [3.05, 3.63) is 29.8 Å². The molecule has 1 atom stereocenters. The fourth-order valence-electron chi connectivity index (χ4n) is 3.15. The van der Waals surface area contributed by atoms with Gasteiger partial charge in [0.2, 0.25) is 0 Å². The second-order valence-corrected chi connectivity index (χ2v) is 7.38. The molecule has 0 spiro atoms. The molecule has 1 heterocycles. The van der Waals surface area contributed by atoms with Crippen molar-refractivity contribution < 1.29 is 4.74 Å². The number of methoxy groups -OCH3 is 1. The molecule has 2 N–H and O–H groups in total. The molecule has 3 nitrogen and oxygen atoms in total. The molecule has 1 fully saturated rings. The molecule has 21 heavy (non-hydrogen) atoms. The first-order valence-corrected chi connectivity index (χ1v) is 7.97. The van der Waals surface area contributed by atoms with Gasteiger partial charge < -0.3 is 10.5 Å². The molecule has 1 saturated heterocycles. The van der Waals surface area contributed by atoms with Crippen LogP contribution in [-0.2, 0) is 6.42 Å². The Kier molecular flexibility index (Phi) is 4.95. The highest BCUT2D eigenvalue weighted by atomic mass is 16.5. The van der Waals surface area contributed by atoms with Crippen molar-refractivity contribution in [1.82, 2.24) is 4.90 Å². The van der Waals surface area contributed by atoms with Gasteiger partial charge in [0.05, 0.1) is 7.11 Å². The lowest BCUT2D eigenvalue weighted by molar-refractivity contribution is 0.0430. The standard InChI is InChI=1S/C18H30N2O/c1-17(2)9-11-20(12-10-17)18(3,14-19)13-15-5-7-16(21-4)8-6-15/h5-8H,9-14,19H2,1-4H3. The van der Waals surface area contributed by atoms with E-state index < -0.39 is 0 Å². The summed E-state index contributed by atoms with van der Waals surface area (Å²) in [6, 6.07) is 8.37. The van der Waals surface area contributed by atoms with Crippen LogP contribution in [0.15, 0.2) is 24.3 Å². The van der Waals surface area contributed by atoms with Crippen molar-refractivity contribution in [1.29, 1.82) is 0 Å². The topological polar surface area (TPSA) is 38.5 Å². The van der Waals surface area contributed by atoms with Crippen LogP contribution in [0.3, 0.4) is 0 Å². The smallest absolute Gasteiger partial charge is 0.118 e. The number of ether oxygens (including phenoxy) is 1. The van der Waals surface area contributed by atoms with Crippen LogP contribution in [0.4, 0.5) is 0 Å². The molecule has 118 valence electrons. The first kappa shape index (κ1) is 16.3. The van der Waals surface area contributed by atoms with E-state index in [9.17, 15) is 0 Å². The van der Waals surface area contributed by atoms with Crippen LogP contribution < -0.4 is 10.5 Å². The number of rotatable bonds is 5. The average molecular weight is 290 g/mol. The van der Waals surface area contributed by atoms with Crippen molar-refractivity contribution in [2.24, 2.45) is 11.1 Å². The zero-order chi connectivity index (χ0) is 15.5. The van der Waals surface area contributed by atoms with E-state index in [-0.39, 0.29) is 5.54 Å². The summed E-state index contributed by atoms with van der Waals surface area (Å²) in [5, 5.41) is 0. The fraction of sp³-hybridized carbons (Fsp3) is 0.667. The minimum Gasteiger partial charge on any atom is -0.497 e. The van der Waals surface area contributed by atoms with E-state index >= 15 is 0 Å². The Hall–Kier alpha value is -1.06. The van der Waals surface area contributed by atoms with Gasteiger partial charge in [0, 0.05) is 12.1 Å². The Balaban J connectivity index is 2.06. The van der Waals surface area contributed by atoms with Gasteiger partial charge in [-0.05, 0) is 62.4 Å². The maximum absolute atomic E-state index is 6.14. The zero-order valence-electron chi connectivity index (χ0n) is 14.0. The van der Waals surface area contributed by atoms with Gasteiger partial charge in [0.15, 0.2) is 0 Å². The van der Waals surface area contributed by atoms with E-state index in [0.29, 0.717) is 12.0 Å². The Morgan fingerprint density at radius 1 is 1.19 bits per heavy atom. The minimum atomic E-state index is 0.0467. The number of piperidine rings is 1. The molecule has 1 aliphatic heterocycles. The van der Waals surface area contributed by atoms with E-state index in [1.54, 1.807) is 7.11 Å². The molecule has 1 aromatic carbocycles. The van der Waals surface area contributed by atoms with E-state index in [2.05, 4.69) is 37.8 Å². The van der Waals surface area contributed by atoms with Crippen LogP contribution in [0.1, 0.15) is 39.2 Å². The molecule has 1 aliphatic rings. The molecule has 3 heteroatoms. The first-order valence-electron chi connectivity index (χ1n) is 7.97. The van der Waals surface area contributed by atoms with Gasteiger partial charge >= 0.3 is 0 Å². The van der Waals surface area contributed by atoms with E-state index in [0.717, 1.165) is 25.3 Å². The van der Waals surface area contributed by atoms with E-state index in [4.69, 9.17) is 10.5 Å². The lowest BCUT2D eigenvalue weighted by Gasteiger charge is -2.47. The van der Waals surface area contributed by atoms with Crippen LogP contribution in [0.25, 0.3) is 0 Å². The summed E-state index contributed by atoms with van der Waals surface area (Å²) in [6.45, 7) is 10.0. The largest absolute Gasteiger partial charge is 0.497 e. The number of hydrogen-bond donors (Lipinski definition) is 1. The molecule has 2 rings (SSSR count). The van der Waals surface area contributed by atoms with Crippen molar-refractivity contribution in [2.75, 3.05) is 26.7 Å². The maximum Gasteiger partial charge on any atom is 0.118 e. The average Bonchev–Trinajstić information content (AvgIpc) is 2.47. The quantitative estimate of drug-likeness (QED) is 0.905. The number of hydrogen-bond acceptors (Lipinski definition) is 3. The Bertz CT molecular complexity index is 445. The maximum atomic E-state index is 6.14. The van der Waals surface area contributed by atoms with Gasteiger partial charge in [-0.25, -0.2) is 0 Å². The number of likely N-dealkylation sites (tertiary alicyclic amines) is 1. The molecule has 1 aromatic rings. The third-order valence-corrected chi connectivity index (χ3v) is 5.06. The SMILES string of the molecule is COc1ccc(CC(C)(CN)N2CCC(C)(C)CC2)cc1. The number of benzene rings is 1. The van der Waals surface area contributed by atoms with Crippen molar-refractivity contribution in [3.63, 3.8) is 0 Å². The lowest BCUT2D eigenvalue weighted by atomic mass is 9.80. The third-order valence-electron chi connectivity index (χ3n) is 5.06. The van der Waals surface area contributed by atoms with Crippen LogP contribution in [0, 0.1) is 5.41 Å². The molecule has 1 unspecified atom stereocenters. The van der Waals surface area contributed by atoms with E-state index in [1.807, 2.05) is 12.1 Å². The Labute approximate surface area is 129 Å². The fourth-order valence-corrected chi connectivity index (χ4v) is 3.15. The third kappa shape index (κ3) is 3.98. The molecular weight excluding hydrogens is 260 g/mol. The van der Waals surface area contributed by atoms with Crippen LogP contribution in [0.2, 0.25) is 0 Å². The van der Waals surface area contributed by atoms with E-state index in [1.165, 1.54) is 18.4 Å². The Morgan fingerprint density at radius 2 is 1.76 bits per heavy atom. The summed E-state index contributed by atoms with van der Waals surface area (Å²) >= 11 is 0. The summed E-state index contributed by atoms with van der Waals surface area (Å²) in [5.74, 6) is 0.910. The zero-order valence-corrected chi connectivity index (χ0v) is 14.0. The van der Waals surface area contributed by atoms with Gasteiger partial charge in [-0.3, -0.25) is 4.90 Å². The molecule has 0 saturated carbocycles. The highest BCUT2D eigenvalue weighted by Crippen LogP contribution is 2.33. The van der Waals surface area contributed by atoms with Gasteiger partial charge in [-0.15, -0.1) is 0 Å². The van der Waals surface area contributed by atoms with Crippen LogP contribution >= 0.6 is 0 Å².